The molecule has 0 aromatic heterocycles. The summed E-state index contributed by atoms with van der Waals surface area (Å²) in [6, 6.07) is 0. The van der Waals surface area contributed by atoms with Crippen LogP contribution in [0.2, 0.25) is 0 Å². The second-order valence-corrected chi connectivity index (χ2v) is 3.34. The van der Waals surface area contributed by atoms with E-state index in [1.54, 1.807) is 0 Å². The van der Waals surface area contributed by atoms with Crippen LogP contribution < -0.4 is 5.73 Å². The van der Waals surface area contributed by atoms with Crippen LogP contribution in [0, 0.1) is 5.92 Å². The molecule has 2 atom stereocenters. The molecule has 2 aliphatic carbocycles. The van der Waals surface area contributed by atoms with Gasteiger partial charge in [0, 0.05) is 5.54 Å². The van der Waals surface area contributed by atoms with Crippen LogP contribution in [-0.4, -0.2) is 5.54 Å². The van der Waals surface area contributed by atoms with Crippen molar-refractivity contribution < 1.29 is 0 Å². The quantitative estimate of drug-likeness (QED) is 0.485. The zero-order valence-corrected chi connectivity index (χ0v) is 5.64. The Balaban J connectivity index is 2.26. The fraction of sp³-hybridized carbons (Fsp3) is 0.750. The summed E-state index contributed by atoms with van der Waals surface area (Å²) in [6.07, 6.45) is 9.59. The van der Waals surface area contributed by atoms with E-state index in [4.69, 9.17) is 5.73 Å². The molecule has 0 bridgehead atoms. The Kier molecular flexibility index (Phi) is 0.974. The minimum Gasteiger partial charge on any atom is -0.322 e. The zero-order valence-electron chi connectivity index (χ0n) is 5.64. The summed E-state index contributed by atoms with van der Waals surface area (Å²) in [5, 5.41) is 0. The second kappa shape index (κ2) is 1.60. The average molecular weight is 123 g/mol. The molecule has 0 aliphatic heterocycles. The molecule has 0 saturated heterocycles. The Morgan fingerprint density at radius 2 is 2.44 bits per heavy atom. The summed E-state index contributed by atoms with van der Waals surface area (Å²) in [4.78, 5) is 0. The summed E-state index contributed by atoms with van der Waals surface area (Å²) in [7, 11) is 0. The van der Waals surface area contributed by atoms with Gasteiger partial charge in [0.15, 0.2) is 0 Å². The molecule has 2 rings (SSSR count). The molecule has 1 fully saturated rings. The van der Waals surface area contributed by atoms with Crippen molar-refractivity contribution in [3.05, 3.63) is 12.2 Å². The third-order valence-corrected chi connectivity index (χ3v) is 2.77. The number of nitrogens with two attached hydrogens (primary N) is 1. The monoisotopic (exact) mass is 123 g/mol. The lowest BCUT2D eigenvalue weighted by Crippen LogP contribution is -2.38. The summed E-state index contributed by atoms with van der Waals surface area (Å²) >= 11 is 0. The maximum atomic E-state index is 6.08. The smallest absolute Gasteiger partial charge is 0.0370 e. The van der Waals surface area contributed by atoms with Gasteiger partial charge in [-0.05, 0) is 25.2 Å². The van der Waals surface area contributed by atoms with Gasteiger partial charge in [-0.15, -0.1) is 0 Å². The summed E-state index contributed by atoms with van der Waals surface area (Å²) in [5.41, 5.74) is 6.20. The molecule has 50 valence electrons. The van der Waals surface area contributed by atoms with Crippen LogP contribution in [0.15, 0.2) is 12.2 Å². The van der Waals surface area contributed by atoms with Crippen LogP contribution in [0.25, 0.3) is 0 Å². The fourth-order valence-electron chi connectivity index (χ4n) is 2.14. The van der Waals surface area contributed by atoms with Crippen molar-refractivity contribution in [3.63, 3.8) is 0 Å². The van der Waals surface area contributed by atoms with Crippen molar-refractivity contribution >= 4 is 0 Å². The van der Waals surface area contributed by atoms with Crippen molar-refractivity contribution in [2.24, 2.45) is 11.7 Å². The van der Waals surface area contributed by atoms with Gasteiger partial charge < -0.3 is 5.73 Å². The topological polar surface area (TPSA) is 26.0 Å². The molecule has 0 radical (unpaired) electrons. The van der Waals surface area contributed by atoms with E-state index in [-0.39, 0.29) is 5.54 Å². The zero-order chi connectivity index (χ0) is 6.32. The molecule has 0 heterocycles. The van der Waals surface area contributed by atoms with Crippen LogP contribution in [-0.2, 0) is 0 Å². The molecule has 0 aromatic rings. The van der Waals surface area contributed by atoms with E-state index in [0.29, 0.717) is 0 Å². The number of rotatable bonds is 0. The van der Waals surface area contributed by atoms with Crippen LogP contribution >= 0.6 is 0 Å². The Morgan fingerprint density at radius 3 is 3.22 bits per heavy atom. The summed E-state index contributed by atoms with van der Waals surface area (Å²) in [6.45, 7) is 0. The van der Waals surface area contributed by atoms with E-state index < -0.39 is 0 Å². The number of fused-ring (bicyclic) bond motifs is 1. The highest BCUT2D eigenvalue weighted by Gasteiger charge is 2.39. The molecule has 9 heavy (non-hydrogen) atoms. The highest BCUT2D eigenvalue weighted by atomic mass is 14.8. The van der Waals surface area contributed by atoms with Crippen molar-refractivity contribution in [1.29, 1.82) is 0 Å². The van der Waals surface area contributed by atoms with Crippen LogP contribution in [0.5, 0.6) is 0 Å². The molecule has 1 nitrogen and oxygen atoms in total. The fourth-order valence-corrected chi connectivity index (χ4v) is 2.14. The Hall–Kier alpha value is -0.300. The highest BCUT2D eigenvalue weighted by molar-refractivity contribution is 5.18. The maximum Gasteiger partial charge on any atom is 0.0370 e. The van der Waals surface area contributed by atoms with Gasteiger partial charge in [-0.2, -0.15) is 0 Å². The van der Waals surface area contributed by atoms with E-state index in [9.17, 15) is 0 Å². The van der Waals surface area contributed by atoms with E-state index >= 15 is 0 Å². The molecule has 0 aromatic carbocycles. The first-order valence-electron chi connectivity index (χ1n) is 3.78. The van der Waals surface area contributed by atoms with Gasteiger partial charge in [-0.25, -0.2) is 0 Å². The average Bonchev–Trinajstić information content (AvgIpc) is 2.22. The second-order valence-electron chi connectivity index (χ2n) is 3.34. The molecular weight excluding hydrogens is 110 g/mol. The lowest BCUT2D eigenvalue weighted by Gasteiger charge is -2.21. The van der Waals surface area contributed by atoms with E-state index in [1.807, 2.05) is 0 Å². The third kappa shape index (κ3) is 0.645. The predicted octanol–water partition coefficient (Wildman–Crippen LogP) is 1.44. The number of hydrogen-bond acceptors (Lipinski definition) is 1. The van der Waals surface area contributed by atoms with E-state index in [1.165, 1.54) is 25.7 Å². The lowest BCUT2D eigenvalue weighted by molar-refractivity contribution is 0.419. The van der Waals surface area contributed by atoms with Gasteiger partial charge in [0.05, 0.1) is 0 Å². The summed E-state index contributed by atoms with van der Waals surface area (Å²) < 4.78 is 0. The van der Waals surface area contributed by atoms with Gasteiger partial charge >= 0.3 is 0 Å². The van der Waals surface area contributed by atoms with Gasteiger partial charge in [0.1, 0.15) is 0 Å². The standard InChI is InChI=1S/C8H13N/c9-8-5-1-3-7(8)4-2-6-8/h1,5,7H,2-4,6,9H2. The van der Waals surface area contributed by atoms with Crippen LogP contribution in [0.4, 0.5) is 0 Å². The Morgan fingerprint density at radius 1 is 1.56 bits per heavy atom. The van der Waals surface area contributed by atoms with Crippen molar-refractivity contribution in [1.82, 2.24) is 0 Å². The maximum absolute atomic E-state index is 6.08. The van der Waals surface area contributed by atoms with Crippen molar-refractivity contribution in [2.75, 3.05) is 0 Å². The molecule has 2 unspecified atom stereocenters. The lowest BCUT2D eigenvalue weighted by atomic mass is 9.92. The minimum atomic E-state index is 0.125. The highest BCUT2D eigenvalue weighted by Crippen LogP contribution is 2.40. The molecule has 1 saturated carbocycles. The number of allylic oxidation sites excluding steroid dienone is 1. The molecule has 2 N–H and O–H groups in total. The molecular formula is C8H13N. The van der Waals surface area contributed by atoms with Gasteiger partial charge in [-0.3, -0.25) is 0 Å². The van der Waals surface area contributed by atoms with Crippen LogP contribution in [0.1, 0.15) is 25.7 Å². The first kappa shape index (κ1) is 5.48. The molecule has 1 heteroatoms. The first-order chi connectivity index (χ1) is 4.31. The largest absolute Gasteiger partial charge is 0.322 e. The minimum absolute atomic E-state index is 0.125. The third-order valence-electron chi connectivity index (χ3n) is 2.77. The van der Waals surface area contributed by atoms with Gasteiger partial charge in [0.2, 0.25) is 0 Å². The summed E-state index contributed by atoms with van der Waals surface area (Å²) in [5.74, 6) is 0.789. The van der Waals surface area contributed by atoms with Crippen molar-refractivity contribution in [3.8, 4) is 0 Å². The Labute approximate surface area is 55.9 Å². The molecule has 0 spiro atoms. The first-order valence-corrected chi connectivity index (χ1v) is 3.78. The van der Waals surface area contributed by atoms with Crippen LogP contribution in [0.3, 0.4) is 0 Å². The van der Waals surface area contributed by atoms with E-state index in [2.05, 4.69) is 12.2 Å². The van der Waals surface area contributed by atoms with Crippen molar-refractivity contribution in [2.45, 2.75) is 31.2 Å². The predicted molar refractivity (Wildman–Crippen MR) is 38.0 cm³/mol. The molecule has 0 amide bonds. The molecule has 2 aliphatic rings. The van der Waals surface area contributed by atoms with E-state index in [0.717, 1.165) is 5.92 Å². The number of hydrogen-bond donors (Lipinski definition) is 1. The van der Waals surface area contributed by atoms with Gasteiger partial charge in [0.25, 0.3) is 0 Å². The Bertz CT molecular complexity index is 151. The normalized spacial score (nSPS) is 47.9. The van der Waals surface area contributed by atoms with Gasteiger partial charge in [-0.1, -0.05) is 18.6 Å². The SMILES string of the molecule is NC12C=CCC1CCC2.